The van der Waals surface area contributed by atoms with Crippen LogP contribution in [0.1, 0.15) is 23.0 Å². The molecule has 5 heteroatoms. The molecule has 1 aromatic carbocycles. The number of imide groups is 1. The first-order chi connectivity index (χ1) is 12.5. The van der Waals surface area contributed by atoms with E-state index in [1.54, 1.807) is 55.8 Å². The predicted molar refractivity (Wildman–Crippen MR) is 96.5 cm³/mol. The highest BCUT2D eigenvalue weighted by atomic mass is 16.3. The number of hydrogen-bond donors (Lipinski definition) is 1. The highest BCUT2D eigenvalue weighted by Gasteiger charge is 2.19. The van der Waals surface area contributed by atoms with Crippen molar-refractivity contribution in [1.82, 2.24) is 5.32 Å². The molecule has 1 N–H and O–H groups in total. The van der Waals surface area contributed by atoms with Gasteiger partial charge in [0.1, 0.15) is 11.5 Å². The van der Waals surface area contributed by atoms with Gasteiger partial charge in [0.25, 0.3) is 5.91 Å². The Morgan fingerprint density at radius 1 is 1.12 bits per heavy atom. The maximum absolute atomic E-state index is 11.9. The highest BCUT2D eigenvalue weighted by Crippen LogP contribution is 2.26. The number of hydrogen-bond acceptors (Lipinski definition) is 4. The molecule has 0 atom stereocenters. The van der Waals surface area contributed by atoms with Crippen molar-refractivity contribution in [3.05, 3.63) is 71.4 Å². The normalized spacial score (nSPS) is 12.8. The van der Waals surface area contributed by atoms with E-state index in [1.165, 1.54) is 6.08 Å². The van der Waals surface area contributed by atoms with Gasteiger partial charge in [0.15, 0.2) is 5.78 Å². The van der Waals surface area contributed by atoms with Gasteiger partial charge in [-0.3, -0.25) is 19.7 Å². The van der Waals surface area contributed by atoms with E-state index in [2.05, 4.69) is 5.32 Å². The monoisotopic (exact) mass is 344 g/mol. The van der Waals surface area contributed by atoms with Gasteiger partial charge in [-0.15, -0.1) is 6.42 Å². The zero-order valence-electron chi connectivity index (χ0n) is 13.9. The molecular weight excluding hydrogens is 330 g/mol. The van der Waals surface area contributed by atoms with Crippen molar-refractivity contribution in [3.63, 3.8) is 0 Å². The highest BCUT2D eigenvalue weighted by molar-refractivity contribution is 6.14. The second-order valence-corrected chi connectivity index (χ2v) is 5.65. The summed E-state index contributed by atoms with van der Waals surface area (Å²) in [7, 11) is 0. The van der Waals surface area contributed by atoms with Crippen molar-refractivity contribution in [1.29, 1.82) is 0 Å². The molecule has 0 unspecified atom stereocenters. The average Bonchev–Trinajstić information content (AvgIpc) is 3.40. The molecule has 1 aliphatic carbocycles. The van der Waals surface area contributed by atoms with Crippen molar-refractivity contribution in [2.45, 2.75) is 6.92 Å². The van der Waals surface area contributed by atoms with E-state index in [0.29, 0.717) is 17.1 Å². The Hall–Kier alpha value is -3.65. The number of Topliss-reactive ketones (excluding diaryl/α,β-unsaturated/α-hetero) is 1. The first-order valence-corrected chi connectivity index (χ1v) is 7.78. The molecule has 1 radical (unpaired) electrons. The average molecular weight is 344 g/mol. The Kier molecular flexibility index (Phi) is 4.68. The Balaban J connectivity index is 1.73. The molecule has 5 nitrogen and oxygen atoms in total. The summed E-state index contributed by atoms with van der Waals surface area (Å²) in [4.78, 5) is 34.8. The van der Waals surface area contributed by atoms with Gasteiger partial charge in [-0.25, -0.2) is 0 Å². The minimum absolute atomic E-state index is 0.00257. The molecule has 0 saturated heterocycles. The maximum Gasteiger partial charge on any atom is 0.302 e. The van der Waals surface area contributed by atoms with Gasteiger partial charge >= 0.3 is 5.91 Å². The predicted octanol–water partition coefficient (Wildman–Crippen LogP) is 2.95. The molecule has 1 aromatic heterocycles. The number of carbonyl (C=O) groups is 3. The largest absolute Gasteiger partial charge is 0.457 e. The van der Waals surface area contributed by atoms with Crippen molar-refractivity contribution in [2.24, 2.45) is 0 Å². The molecule has 1 heterocycles. The fourth-order valence-corrected chi connectivity index (χ4v) is 2.25. The molecule has 127 valence electrons. The summed E-state index contributed by atoms with van der Waals surface area (Å²) in [5.74, 6) is 1.49. The standard InChI is InChI=1S/C21H14NO4/c1-3-19(23)22-21(25)13(2)12-17-10-11-18(26-17)14-4-6-15(7-5-14)20(24)16-8-9-16/h1,4-12H,2H3,(H,22,23,25)/b13-12-. The Morgan fingerprint density at radius 2 is 1.81 bits per heavy atom. The topological polar surface area (TPSA) is 76.4 Å². The van der Waals surface area contributed by atoms with E-state index in [4.69, 9.17) is 10.8 Å². The molecule has 0 aliphatic heterocycles. The van der Waals surface area contributed by atoms with Crippen LogP contribution in [0, 0.1) is 18.8 Å². The third-order valence-electron chi connectivity index (χ3n) is 3.73. The summed E-state index contributed by atoms with van der Waals surface area (Å²) in [5.41, 5.74) is 2.43. The van der Waals surface area contributed by atoms with Crippen LogP contribution in [0.2, 0.25) is 0 Å². The summed E-state index contributed by atoms with van der Waals surface area (Å²) in [6.07, 6.45) is 9.97. The van der Waals surface area contributed by atoms with Crippen molar-refractivity contribution in [2.75, 3.05) is 0 Å². The number of nitrogens with one attached hydrogen (secondary N) is 1. The smallest absolute Gasteiger partial charge is 0.302 e. The molecule has 0 saturated carbocycles. The second kappa shape index (κ2) is 7.08. The van der Waals surface area contributed by atoms with E-state index < -0.39 is 11.8 Å². The number of benzene rings is 1. The van der Waals surface area contributed by atoms with Gasteiger partial charge < -0.3 is 4.42 Å². The van der Waals surface area contributed by atoms with Crippen LogP contribution in [0.25, 0.3) is 17.4 Å². The number of furan rings is 1. The first kappa shape index (κ1) is 17.2. The molecule has 0 fully saturated rings. The van der Waals surface area contributed by atoms with E-state index in [9.17, 15) is 14.4 Å². The lowest BCUT2D eigenvalue weighted by Crippen LogP contribution is -2.29. The van der Waals surface area contributed by atoms with Gasteiger partial charge in [0.2, 0.25) is 0 Å². The van der Waals surface area contributed by atoms with Crippen molar-refractivity contribution in [3.8, 4) is 23.7 Å². The van der Waals surface area contributed by atoms with Crippen molar-refractivity contribution < 1.29 is 18.8 Å². The first-order valence-electron chi connectivity index (χ1n) is 7.78. The summed E-state index contributed by atoms with van der Waals surface area (Å²) in [5, 5.41) is 2.06. The van der Waals surface area contributed by atoms with Crippen LogP contribution in [0.3, 0.4) is 0 Å². The lowest BCUT2D eigenvalue weighted by atomic mass is 10.1. The molecule has 3 rings (SSSR count). The molecule has 26 heavy (non-hydrogen) atoms. The van der Waals surface area contributed by atoms with Crippen LogP contribution in [0.5, 0.6) is 0 Å². The lowest BCUT2D eigenvalue weighted by Gasteiger charge is -2.01. The molecule has 2 aromatic rings. The van der Waals surface area contributed by atoms with Crippen LogP contribution in [0.4, 0.5) is 0 Å². The van der Waals surface area contributed by atoms with E-state index in [1.807, 2.05) is 5.92 Å². The van der Waals surface area contributed by atoms with Gasteiger partial charge in [-0.1, -0.05) is 30.3 Å². The molecule has 2 amide bonds. The zero-order chi connectivity index (χ0) is 18.7. The second-order valence-electron chi connectivity index (χ2n) is 5.65. The summed E-state index contributed by atoms with van der Waals surface area (Å²) in [6.45, 7) is 1.55. The van der Waals surface area contributed by atoms with Gasteiger partial charge in [-0.2, -0.15) is 0 Å². The third kappa shape index (κ3) is 3.87. The summed E-state index contributed by atoms with van der Waals surface area (Å²) >= 11 is 0. The van der Waals surface area contributed by atoms with Crippen LogP contribution < -0.4 is 5.32 Å². The lowest BCUT2D eigenvalue weighted by molar-refractivity contribution is -0.125. The van der Waals surface area contributed by atoms with E-state index >= 15 is 0 Å². The number of rotatable bonds is 5. The van der Waals surface area contributed by atoms with Crippen LogP contribution in [0.15, 0.2) is 58.0 Å². The minimum Gasteiger partial charge on any atom is -0.457 e. The number of amides is 2. The number of ketones is 1. The minimum atomic E-state index is -0.794. The number of terminal acetylenes is 1. The van der Waals surface area contributed by atoms with Gasteiger partial charge in [-0.05, 0) is 31.1 Å². The number of allylic oxidation sites excluding steroid dienone is 2. The Labute approximate surface area is 150 Å². The zero-order valence-corrected chi connectivity index (χ0v) is 13.9. The Morgan fingerprint density at radius 3 is 2.42 bits per heavy atom. The fourth-order valence-electron chi connectivity index (χ4n) is 2.25. The van der Waals surface area contributed by atoms with Gasteiger partial charge in [0, 0.05) is 28.7 Å². The summed E-state index contributed by atoms with van der Waals surface area (Å²) < 4.78 is 5.70. The molecular formula is C21H14NO4. The molecule has 1 aliphatic rings. The van der Waals surface area contributed by atoms with Crippen LogP contribution >= 0.6 is 0 Å². The van der Waals surface area contributed by atoms with Crippen molar-refractivity contribution >= 4 is 23.7 Å². The summed E-state index contributed by atoms with van der Waals surface area (Å²) in [6, 6.07) is 10.6. The maximum atomic E-state index is 11.9. The SMILES string of the molecule is C#CC(=O)NC(=O)/C(C)=C\c1ccc(-c2ccc(C(=O)C3=C[CH]3)cc2)o1. The molecule has 0 bridgehead atoms. The van der Waals surface area contributed by atoms with Crippen LogP contribution in [-0.2, 0) is 9.59 Å². The van der Waals surface area contributed by atoms with Crippen LogP contribution in [-0.4, -0.2) is 17.6 Å². The Bertz CT molecular complexity index is 997. The molecule has 0 spiro atoms. The van der Waals surface area contributed by atoms with E-state index in [0.717, 1.165) is 11.1 Å². The number of carbonyl (C=O) groups excluding carboxylic acids is 3. The van der Waals surface area contributed by atoms with E-state index in [-0.39, 0.29) is 11.4 Å². The quantitative estimate of drug-likeness (QED) is 0.514. The van der Waals surface area contributed by atoms with Gasteiger partial charge in [0.05, 0.1) is 0 Å². The third-order valence-corrected chi connectivity index (χ3v) is 3.73. The fraction of sp³-hybridized carbons (Fsp3) is 0.0476.